The third kappa shape index (κ3) is 3.64. The van der Waals surface area contributed by atoms with Crippen molar-refractivity contribution >= 4 is 27.4 Å². The smallest absolute Gasteiger partial charge is 0.312 e. The van der Waals surface area contributed by atoms with Crippen molar-refractivity contribution in [3.63, 3.8) is 0 Å². The number of nitrogens with one attached hydrogen (secondary N) is 1. The van der Waals surface area contributed by atoms with E-state index < -0.39 is 4.92 Å². The second-order valence-corrected chi connectivity index (χ2v) is 5.24. The van der Waals surface area contributed by atoms with E-state index in [0.717, 1.165) is 5.56 Å². The lowest BCUT2D eigenvalue weighted by Gasteiger charge is -2.10. The summed E-state index contributed by atoms with van der Waals surface area (Å²) in [5.74, 6) is 1.43. The molecule has 0 atom stereocenters. The summed E-state index contributed by atoms with van der Waals surface area (Å²) in [5, 5.41) is 14.0. The van der Waals surface area contributed by atoms with Crippen molar-refractivity contribution in [2.75, 3.05) is 19.5 Å². The summed E-state index contributed by atoms with van der Waals surface area (Å²) in [6.45, 7) is 0.371. The molecule has 1 heterocycles. The fraction of sp³-hybridized carbons (Fsp3) is 0.214. The maximum absolute atomic E-state index is 11.0. The maximum Gasteiger partial charge on any atom is 0.312 e. The van der Waals surface area contributed by atoms with Crippen LogP contribution in [0.1, 0.15) is 5.56 Å². The molecule has 2 rings (SSSR count). The number of methoxy groups -OCH3 is 2. The Labute approximate surface area is 135 Å². The molecule has 2 aromatic rings. The van der Waals surface area contributed by atoms with Gasteiger partial charge in [0.15, 0.2) is 11.5 Å². The number of hydrogen-bond acceptors (Lipinski definition) is 6. The standard InChI is InChI=1S/C14H14BrN3O4/c1-21-12-4-3-9(5-13(12)22-2)7-16-14-11(18(19)20)6-10(15)8-17-14/h3-6,8H,7H2,1-2H3,(H,16,17). The number of pyridine rings is 1. The SMILES string of the molecule is COc1ccc(CNc2ncc(Br)cc2[N+](=O)[O-])cc1OC. The van der Waals surface area contributed by atoms with E-state index in [4.69, 9.17) is 9.47 Å². The van der Waals surface area contributed by atoms with Crippen LogP contribution < -0.4 is 14.8 Å². The quantitative estimate of drug-likeness (QED) is 0.621. The third-order valence-electron chi connectivity index (χ3n) is 2.94. The molecule has 0 bridgehead atoms. The minimum absolute atomic E-state index is 0.0881. The molecule has 0 unspecified atom stereocenters. The van der Waals surface area contributed by atoms with Gasteiger partial charge in [0.25, 0.3) is 0 Å². The summed E-state index contributed by atoms with van der Waals surface area (Å²) in [5.41, 5.74) is 0.798. The van der Waals surface area contributed by atoms with E-state index in [9.17, 15) is 10.1 Å². The Hall–Kier alpha value is -2.35. The van der Waals surface area contributed by atoms with E-state index in [0.29, 0.717) is 22.5 Å². The summed E-state index contributed by atoms with van der Waals surface area (Å²) in [4.78, 5) is 14.6. The summed E-state index contributed by atoms with van der Waals surface area (Å²) in [7, 11) is 3.11. The molecule has 8 heteroatoms. The molecule has 1 aromatic heterocycles. The van der Waals surface area contributed by atoms with Gasteiger partial charge in [-0.25, -0.2) is 4.98 Å². The normalized spacial score (nSPS) is 10.1. The number of benzene rings is 1. The fourth-order valence-corrected chi connectivity index (χ4v) is 2.20. The molecule has 1 aromatic carbocycles. The van der Waals surface area contributed by atoms with Gasteiger partial charge in [-0.15, -0.1) is 0 Å². The molecule has 0 aliphatic heterocycles. The lowest BCUT2D eigenvalue weighted by atomic mass is 10.2. The van der Waals surface area contributed by atoms with Gasteiger partial charge in [-0.05, 0) is 33.6 Å². The largest absolute Gasteiger partial charge is 0.493 e. The van der Waals surface area contributed by atoms with Gasteiger partial charge in [0.2, 0.25) is 5.82 Å². The van der Waals surface area contributed by atoms with Crippen LogP contribution in [0.3, 0.4) is 0 Å². The highest BCUT2D eigenvalue weighted by Crippen LogP contribution is 2.29. The highest BCUT2D eigenvalue weighted by molar-refractivity contribution is 9.10. The topological polar surface area (TPSA) is 86.5 Å². The van der Waals surface area contributed by atoms with E-state index in [1.807, 2.05) is 6.07 Å². The van der Waals surface area contributed by atoms with Crippen LogP contribution in [-0.4, -0.2) is 24.1 Å². The monoisotopic (exact) mass is 367 g/mol. The Balaban J connectivity index is 2.18. The highest BCUT2D eigenvalue weighted by atomic mass is 79.9. The average molecular weight is 368 g/mol. The van der Waals surface area contributed by atoms with Crippen molar-refractivity contribution in [2.24, 2.45) is 0 Å². The predicted octanol–water partition coefficient (Wildman–Crippen LogP) is 3.38. The summed E-state index contributed by atoms with van der Waals surface area (Å²) < 4.78 is 10.9. The average Bonchev–Trinajstić information content (AvgIpc) is 2.53. The third-order valence-corrected chi connectivity index (χ3v) is 3.37. The molecule has 116 valence electrons. The van der Waals surface area contributed by atoms with Gasteiger partial charge in [0.05, 0.1) is 19.1 Å². The van der Waals surface area contributed by atoms with Crippen molar-refractivity contribution in [2.45, 2.75) is 6.54 Å². The van der Waals surface area contributed by atoms with Gasteiger partial charge >= 0.3 is 5.69 Å². The van der Waals surface area contributed by atoms with Crippen LogP contribution in [0.15, 0.2) is 34.9 Å². The second-order valence-electron chi connectivity index (χ2n) is 4.32. The maximum atomic E-state index is 11.0. The Morgan fingerprint density at radius 2 is 2.00 bits per heavy atom. The van der Waals surface area contributed by atoms with E-state index in [1.165, 1.54) is 12.3 Å². The zero-order valence-corrected chi connectivity index (χ0v) is 13.6. The molecular weight excluding hydrogens is 354 g/mol. The molecular formula is C14H14BrN3O4. The molecule has 0 fully saturated rings. The van der Waals surface area contributed by atoms with E-state index in [1.54, 1.807) is 26.4 Å². The fourth-order valence-electron chi connectivity index (χ4n) is 1.88. The Kier molecular flexibility index (Phi) is 5.16. The first-order chi connectivity index (χ1) is 10.5. The lowest BCUT2D eigenvalue weighted by molar-refractivity contribution is -0.384. The van der Waals surface area contributed by atoms with Crippen LogP contribution in [0.2, 0.25) is 0 Å². The van der Waals surface area contributed by atoms with Crippen LogP contribution in [0.5, 0.6) is 11.5 Å². The van der Waals surface area contributed by atoms with Gasteiger partial charge in [0.1, 0.15) is 0 Å². The zero-order chi connectivity index (χ0) is 16.1. The first-order valence-electron chi connectivity index (χ1n) is 6.30. The minimum atomic E-state index is -0.477. The number of rotatable bonds is 6. The second kappa shape index (κ2) is 7.08. The van der Waals surface area contributed by atoms with Crippen LogP contribution in [-0.2, 0) is 6.54 Å². The lowest BCUT2D eigenvalue weighted by Crippen LogP contribution is -2.05. The summed E-state index contributed by atoms with van der Waals surface area (Å²) in [6.07, 6.45) is 1.50. The molecule has 7 nitrogen and oxygen atoms in total. The molecule has 0 radical (unpaired) electrons. The number of halogens is 1. The van der Waals surface area contributed by atoms with Gasteiger partial charge in [-0.2, -0.15) is 0 Å². The Bertz CT molecular complexity index is 694. The van der Waals surface area contributed by atoms with Crippen LogP contribution in [0.25, 0.3) is 0 Å². The predicted molar refractivity (Wildman–Crippen MR) is 85.5 cm³/mol. The number of ether oxygens (including phenoxy) is 2. The van der Waals surface area contributed by atoms with Crippen LogP contribution >= 0.6 is 15.9 Å². The van der Waals surface area contributed by atoms with E-state index in [-0.39, 0.29) is 11.5 Å². The van der Waals surface area contributed by atoms with Crippen molar-refractivity contribution in [1.82, 2.24) is 4.98 Å². The molecule has 0 spiro atoms. The van der Waals surface area contributed by atoms with E-state index in [2.05, 4.69) is 26.2 Å². The van der Waals surface area contributed by atoms with Crippen molar-refractivity contribution in [3.8, 4) is 11.5 Å². The van der Waals surface area contributed by atoms with E-state index >= 15 is 0 Å². The first-order valence-corrected chi connectivity index (χ1v) is 7.09. The molecule has 0 aliphatic carbocycles. The van der Waals surface area contributed by atoms with Crippen LogP contribution in [0, 0.1) is 10.1 Å². The highest BCUT2D eigenvalue weighted by Gasteiger charge is 2.15. The molecule has 0 saturated carbocycles. The Morgan fingerprint density at radius 1 is 1.27 bits per heavy atom. The van der Waals surface area contributed by atoms with Crippen LogP contribution in [0.4, 0.5) is 11.5 Å². The van der Waals surface area contributed by atoms with Gasteiger partial charge < -0.3 is 14.8 Å². The summed E-state index contributed by atoms with van der Waals surface area (Å²) in [6, 6.07) is 6.83. The van der Waals surface area contributed by atoms with Crippen molar-refractivity contribution in [1.29, 1.82) is 0 Å². The Morgan fingerprint density at radius 3 is 2.64 bits per heavy atom. The number of nitrogens with zero attached hydrogens (tertiary/aromatic N) is 2. The summed E-state index contributed by atoms with van der Waals surface area (Å²) >= 11 is 3.17. The zero-order valence-electron chi connectivity index (χ0n) is 12.0. The molecule has 1 N–H and O–H groups in total. The number of anilines is 1. The molecule has 22 heavy (non-hydrogen) atoms. The van der Waals surface area contributed by atoms with Crippen molar-refractivity contribution < 1.29 is 14.4 Å². The number of aromatic nitrogens is 1. The molecule has 0 aliphatic rings. The van der Waals surface area contributed by atoms with Gasteiger partial charge in [0, 0.05) is 23.3 Å². The van der Waals surface area contributed by atoms with Crippen molar-refractivity contribution in [3.05, 3.63) is 50.6 Å². The van der Waals surface area contributed by atoms with Gasteiger partial charge in [-0.3, -0.25) is 10.1 Å². The number of hydrogen-bond donors (Lipinski definition) is 1. The first kappa shape index (κ1) is 16.0. The number of nitro groups is 1. The molecule has 0 saturated heterocycles. The van der Waals surface area contributed by atoms with Gasteiger partial charge in [-0.1, -0.05) is 6.07 Å². The minimum Gasteiger partial charge on any atom is -0.493 e. The molecule has 0 amide bonds.